The van der Waals surface area contributed by atoms with Crippen LogP contribution in [-0.4, -0.2) is 9.97 Å². The van der Waals surface area contributed by atoms with E-state index in [-0.39, 0.29) is 0 Å². The van der Waals surface area contributed by atoms with Crippen LogP contribution in [0, 0.1) is 0 Å². The van der Waals surface area contributed by atoms with Crippen molar-refractivity contribution in [1.29, 1.82) is 0 Å². The number of hydrogen-bond acceptors (Lipinski definition) is 3. The van der Waals surface area contributed by atoms with E-state index in [0.29, 0.717) is 25.2 Å². The molecule has 0 amide bonds. The van der Waals surface area contributed by atoms with E-state index in [4.69, 9.17) is 46.4 Å². The van der Waals surface area contributed by atoms with E-state index in [1.165, 1.54) is 24.2 Å². The van der Waals surface area contributed by atoms with Crippen molar-refractivity contribution < 1.29 is 0 Å². The maximum atomic E-state index is 6.04. The van der Waals surface area contributed by atoms with Crippen molar-refractivity contribution in [2.45, 2.75) is 10.1 Å². The van der Waals surface area contributed by atoms with Gasteiger partial charge in [0, 0.05) is 4.90 Å². The Balaban J connectivity index is 2.30. The van der Waals surface area contributed by atoms with Crippen LogP contribution in [0.4, 0.5) is 0 Å². The second-order valence-corrected chi connectivity index (χ2v) is 5.65. The van der Waals surface area contributed by atoms with E-state index in [1.807, 2.05) is 0 Å². The largest absolute Gasteiger partial charge is 0.229 e. The van der Waals surface area contributed by atoms with Crippen LogP contribution >= 0.6 is 58.2 Å². The first-order chi connectivity index (χ1) is 8.06. The number of aromatic nitrogens is 2. The smallest absolute Gasteiger partial charge is 0.192 e. The van der Waals surface area contributed by atoms with Crippen molar-refractivity contribution in [3.05, 3.63) is 44.6 Å². The minimum absolute atomic E-state index is 0.415. The number of benzene rings is 1. The fraction of sp³-hybridized carbons (Fsp3) is 0. The summed E-state index contributed by atoms with van der Waals surface area (Å²) in [5, 5.41) is 2.37. The van der Waals surface area contributed by atoms with Gasteiger partial charge in [0.15, 0.2) is 5.16 Å². The lowest BCUT2D eigenvalue weighted by molar-refractivity contribution is 0.967. The summed E-state index contributed by atoms with van der Waals surface area (Å²) in [6, 6.07) is 3.26. The number of halogens is 4. The minimum atomic E-state index is 0.415. The first-order valence-corrected chi connectivity index (χ1v) is 6.69. The van der Waals surface area contributed by atoms with E-state index >= 15 is 0 Å². The van der Waals surface area contributed by atoms with Crippen molar-refractivity contribution in [2.75, 3.05) is 0 Å². The van der Waals surface area contributed by atoms with Gasteiger partial charge < -0.3 is 0 Å². The van der Waals surface area contributed by atoms with E-state index < -0.39 is 0 Å². The third-order valence-corrected chi connectivity index (χ3v) is 4.07. The van der Waals surface area contributed by atoms with E-state index in [9.17, 15) is 0 Å². The molecule has 0 spiro atoms. The summed E-state index contributed by atoms with van der Waals surface area (Å²) in [7, 11) is 0. The lowest BCUT2D eigenvalue weighted by Crippen LogP contribution is -1.85. The van der Waals surface area contributed by atoms with Crippen molar-refractivity contribution in [3.63, 3.8) is 0 Å². The zero-order valence-corrected chi connectivity index (χ0v) is 12.0. The maximum Gasteiger partial charge on any atom is 0.192 e. The molecule has 7 heteroatoms. The molecule has 1 aromatic heterocycles. The molecular formula is C10H4Cl4N2S. The van der Waals surface area contributed by atoms with Crippen LogP contribution in [-0.2, 0) is 0 Å². The Bertz CT molecular complexity index is 545. The van der Waals surface area contributed by atoms with Crippen molar-refractivity contribution >= 4 is 58.2 Å². The molecule has 0 aliphatic carbocycles. The summed E-state index contributed by atoms with van der Waals surface area (Å²) in [4.78, 5) is 8.84. The minimum Gasteiger partial charge on any atom is -0.229 e. The molecule has 0 saturated heterocycles. The van der Waals surface area contributed by atoms with E-state index in [2.05, 4.69) is 9.97 Å². The van der Waals surface area contributed by atoms with Gasteiger partial charge in [0.25, 0.3) is 0 Å². The van der Waals surface area contributed by atoms with Crippen LogP contribution in [0.15, 0.2) is 34.6 Å². The highest BCUT2D eigenvalue weighted by Gasteiger charge is 2.09. The van der Waals surface area contributed by atoms with Crippen molar-refractivity contribution in [3.8, 4) is 0 Å². The molecule has 2 rings (SSSR count). The van der Waals surface area contributed by atoms with Gasteiger partial charge in [-0.15, -0.1) is 0 Å². The first kappa shape index (κ1) is 13.2. The maximum absolute atomic E-state index is 6.04. The van der Waals surface area contributed by atoms with E-state index in [0.717, 1.165) is 4.90 Å². The fourth-order valence-corrected chi connectivity index (χ4v) is 2.60. The van der Waals surface area contributed by atoms with Crippen LogP contribution < -0.4 is 0 Å². The van der Waals surface area contributed by atoms with Gasteiger partial charge in [-0.05, 0) is 23.9 Å². The third-order valence-electron chi connectivity index (χ3n) is 1.77. The Morgan fingerprint density at radius 1 is 0.824 bits per heavy atom. The van der Waals surface area contributed by atoms with Gasteiger partial charge in [-0.25, -0.2) is 9.97 Å². The standard InChI is InChI=1S/C10H4Cl4N2S/c11-5-3-15-10(16-4-5)17-9-2-7(13)6(12)1-8(9)14/h1-4H. The summed E-state index contributed by atoms with van der Waals surface area (Å²) < 4.78 is 0. The van der Waals surface area contributed by atoms with Gasteiger partial charge in [-0.3, -0.25) is 0 Å². The topological polar surface area (TPSA) is 25.8 Å². The Kier molecular flexibility index (Phi) is 4.39. The molecule has 2 nitrogen and oxygen atoms in total. The zero-order chi connectivity index (χ0) is 12.4. The van der Waals surface area contributed by atoms with Gasteiger partial charge in [0.1, 0.15) is 0 Å². The summed E-state index contributed by atoms with van der Waals surface area (Å²) >= 11 is 24.8. The second-order valence-electron chi connectivity index (χ2n) is 2.98. The van der Waals surface area contributed by atoms with Gasteiger partial charge in [0.2, 0.25) is 0 Å². The normalized spacial score (nSPS) is 10.6. The summed E-state index contributed by atoms with van der Waals surface area (Å²) in [6.45, 7) is 0. The highest BCUT2D eigenvalue weighted by Crippen LogP contribution is 2.36. The molecule has 1 aromatic carbocycles. The average molecular weight is 326 g/mol. The van der Waals surface area contributed by atoms with Gasteiger partial charge in [-0.2, -0.15) is 0 Å². The van der Waals surface area contributed by atoms with Gasteiger partial charge in [-0.1, -0.05) is 46.4 Å². The number of rotatable bonds is 2. The number of nitrogens with zero attached hydrogens (tertiary/aromatic N) is 2. The van der Waals surface area contributed by atoms with Crippen molar-refractivity contribution in [1.82, 2.24) is 9.97 Å². The third kappa shape index (κ3) is 3.39. The van der Waals surface area contributed by atoms with Crippen molar-refractivity contribution in [2.24, 2.45) is 0 Å². The molecule has 1 heterocycles. The molecule has 0 aliphatic rings. The van der Waals surface area contributed by atoms with Gasteiger partial charge >= 0.3 is 0 Å². The van der Waals surface area contributed by atoms with Crippen LogP contribution in [0.25, 0.3) is 0 Å². The molecule has 0 unspecified atom stereocenters. The van der Waals surface area contributed by atoms with Crippen LogP contribution in [0.3, 0.4) is 0 Å². The molecule has 88 valence electrons. The lowest BCUT2D eigenvalue weighted by atomic mass is 10.4. The molecule has 2 aromatic rings. The Hall–Kier alpha value is -0.190. The van der Waals surface area contributed by atoms with Crippen LogP contribution in [0.2, 0.25) is 20.1 Å². The predicted molar refractivity (Wildman–Crippen MR) is 72.6 cm³/mol. The fourth-order valence-electron chi connectivity index (χ4n) is 1.03. The molecule has 17 heavy (non-hydrogen) atoms. The molecule has 0 aliphatic heterocycles. The number of hydrogen-bond donors (Lipinski definition) is 0. The molecule has 0 bridgehead atoms. The summed E-state index contributed by atoms with van der Waals surface area (Å²) in [5.41, 5.74) is 0. The predicted octanol–water partition coefficient (Wildman–Crippen LogP) is 5.24. The second kappa shape index (κ2) is 5.63. The molecule has 0 radical (unpaired) electrons. The SMILES string of the molecule is Clc1cnc(Sc2cc(Cl)c(Cl)cc2Cl)nc1. The highest BCUT2D eigenvalue weighted by molar-refractivity contribution is 7.99. The molecule has 0 saturated carbocycles. The molecular weight excluding hydrogens is 322 g/mol. The monoisotopic (exact) mass is 324 g/mol. The van der Waals surface area contributed by atoms with Gasteiger partial charge in [0.05, 0.1) is 32.5 Å². The highest BCUT2D eigenvalue weighted by atomic mass is 35.5. The Labute approximate surface area is 122 Å². The summed E-state index contributed by atoms with van der Waals surface area (Å²) in [6.07, 6.45) is 3.03. The molecule has 0 atom stereocenters. The van der Waals surface area contributed by atoms with E-state index in [1.54, 1.807) is 12.1 Å². The molecule has 0 N–H and O–H groups in total. The average Bonchev–Trinajstić information content (AvgIpc) is 2.29. The van der Waals surface area contributed by atoms with Crippen LogP contribution in [0.5, 0.6) is 0 Å². The quantitative estimate of drug-likeness (QED) is 0.557. The van der Waals surface area contributed by atoms with Crippen LogP contribution in [0.1, 0.15) is 0 Å². The Morgan fingerprint density at radius 2 is 1.41 bits per heavy atom. The lowest BCUT2D eigenvalue weighted by Gasteiger charge is -2.04. The summed E-state index contributed by atoms with van der Waals surface area (Å²) in [5.74, 6) is 0. The molecule has 0 fully saturated rings. The zero-order valence-electron chi connectivity index (χ0n) is 8.12. The first-order valence-electron chi connectivity index (χ1n) is 4.36. The Morgan fingerprint density at radius 3 is 2.06 bits per heavy atom.